The zero-order valence-electron chi connectivity index (χ0n) is 10.6. The molecular formula is C15H13N3O. The standard InChI is InChI=1S/C15H13N3O/c1-18-15(16-10-17-18)9-14(19)13-7-6-11-4-2-3-5-12(11)8-13/h2-8,10H,9H2,1H3. The van der Waals surface area contributed by atoms with Gasteiger partial charge in [-0.15, -0.1) is 0 Å². The van der Waals surface area contributed by atoms with Crippen LogP contribution in [-0.2, 0) is 13.5 Å². The van der Waals surface area contributed by atoms with E-state index in [2.05, 4.69) is 10.1 Å². The molecule has 4 nitrogen and oxygen atoms in total. The molecular weight excluding hydrogens is 238 g/mol. The Morgan fingerprint density at radius 1 is 1.16 bits per heavy atom. The summed E-state index contributed by atoms with van der Waals surface area (Å²) in [5.41, 5.74) is 0.710. The van der Waals surface area contributed by atoms with Crippen molar-refractivity contribution in [2.75, 3.05) is 0 Å². The minimum absolute atomic E-state index is 0.0573. The van der Waals surface area contributed by atoms with Crippen molar-refractivity contribution in [2.24, 2.45) is 7.05 Å². The van der Waals surface area contributed by atoms with Crippen LogP contribution in [0.25, 0.3) is 10.8 Å². The van der Waals surface area contributed by atoms with Crippen molar-refractivity contribution in [3.05, 3.63) is 60.2 Å². The van der Waals surface area contributed by atoms with E-state index in [1.165, 1.54) is 6.33 Å². The fraction of sp³-hybridized carbons (Fsp3) is 0.133. The van der Waals surface area contributed by atoms with Crippen molar-refractivity contribution in [3.8, 4) is 0 Å². The topological polar surface area (TPSA) is 47.8 Å². The molecule has 0 saturated heterocycles. The molecule has 3 aromatic rings. The first kappa shape index (κ1) is 11.6. The number of fused-ring (bicyclic) bond motifs is 1. The molecule has 0 unspecified atom stereocenters. The summed E-state index contributed by atoms with van der Waals surface area (Å²) in [5.74, 6) is 0.736. The van der Waals surface area contributed by atoms with Crippen LogP contribution in [0, 0.1) is 0 Å². The summed E-state index contributed by atoms with van der Waals surface area (Å²) >= 11 is 0. The average molecular weight is 251 g/mol. The van der Waals surface area contributed by atoms with Gasteiger partial charge in [0.1, 0.15) is 12.2 Å². The molecule has 94 valence electrons. The molecule has 0 aliphatic heterocycles. The number of nitrogens with zero attached hydrogens (tertiary/aromatic N) is 3. The molecule has 2 aromatic carbocycles. The van der Waals surface area contributed by atoms with Gasteiger partial charge in [-0.1, -0.05) is 36.4 Å². The normalized spacial score (nSPS) is 10.8. The fourth-order valence-electron chi connectivity index (χ4n) is 2.09. The van der Waals surface area contributed by atoms with E-state index in [4.69, 9.17) is 0 Å². The molecule has 0 aliphatic rings. The van der Waals surface area contributed by atoms with Crippen molar-refractivity contribution in [1.82, 2.24) is 14.8 Å². The maximum absolute atomic E-state index is 12.2. The first-order valence-electron chi connectivity index (χ1n) is 6.09. The first-order valence-corrected chi connectivity index (χ1v) is 6.09. The Labute approximate surface area is 110 Å². The Morgan fingerprint density at radius 2 is 1.95 bits per heavy atom. The van der Waals surface area contributed by atoms with Crippen molar-refractivity contribution in [3.63, 3.8) is 0 Å². The summed E-state index contributed by atoms with van der Waals surface area (Å²) in [6.07, 6.45) is 1.73. The van der Waals surface area contributed by atoms with Crippen LogP contribution in [0.15, 0.2) is 48.8 Å². The average Bonchev–Trinajstić information content (AvgIpc) is 2.84. The van der Waals surface area contributed by atoms with E-state index >= 15 is 0 Å². The van der Waals surface area contributed by atoms with E-state index in [0.717, 1.165) is 10.8 Å². The van der Waals surface area contributed by atoms with E-state index in [1.807, 2.05) is 42.5 Å². The van der Waals surface area contributed by atoms with Crippen LogP contribution in [0.1, 0.15) is 16.2 Å². The van der Waals surface area contributed by atoms with E-state index in [-0.39, 0.29) is 12.2 Å². The lowest BCUT2D eigenvalue weighted by atomic mass is 10.0. The number of carbonyl (C=O) groups excluding carboxylic acids is 1. The highest BCUT2D eigenvalue weighted by atomic mass is 16.1. The second-order valence-corrected chi connectivity index (χ2v) is 4.46. The van der Waals surface area contributed by atoms with Crippen LogP contribution in [0.4, 0.5) is 0 Å². The third-order valence-corrected chi connectivity index (χ3v) is 3.20. The predicted molar refractivity (Wildman–Crippen MR) is 73.0 cm³/mol. The summed E-state index contributed by atoms with van der Waals surface area (Å²) < 4.78 is 1.62. The summed E-state index contributed by atoms with van der Waals surface area (Å²) in [4.78, 5) is 16.3. The Morgan fingerprint density at radius 3 is 2.68 bits per heavy atom. The van der Waals surface area contributed by atoms with Crippen molar-refractivity contribution in [1.29, 1.82) is 0 Å². The molecule has 0 radical (unpaired) electrons. The summed E-state index contributed by atoms with van der Waals surface area (Å²) in [6, 6.07) is 13.8. The molecule has 1 heterocycles. The van der Waals surface area contributed by atoms with E-state index in [1.54, 1.807) is 11.7 Å². The van der Waals surface area contributed by atoms with Gasteiger partial charge in [0.05, 0.1) is 6.42 Å². The lowest BCUT2D eigenvalue weighted by molar-refractivity contribution is 0.0990. The molecule has 0 bridgehead atoms. The van der Waals surface area contributed by atoms with Gasteiger partial charge in [0.25, 0.3) is 0 Å². The largest absolute Gasteiger partial charge is 0.294 e. The number of Topliss-reactive ketones (excluding diaryl/α,β-unsaturated/α-hetero) is 1. The van der Waals surface area contributed by atoms with Gasteiger partial charge in [0, 0.05) is 12.6 Å². The highest BCUT2D eigenvalue weighted by Gasteiger charge is 2.11. The molecule has 0 atom stereocenters. The minimum Gasteiger partial charge on any atom is -0.294 e. The summed E-state index contributed by atoms with van der Waals surface area (Å²) in [5, 5.41) is 6.18. The maximum atomic E-state index is 12.2. The lowest BCUT2D eigenvalue weighted by Gasteiger charge is -2.03. The number of carbonyl (C=O) groups is 1. The summed E-state index contributed by atoms with van der Waals surface area (Å²) in [6.45, 7) is 0. The second-order valence-electron chi connectivity index (χ2n) is 4.46. The van der Waals surface area contributed by atoms with Crippen molar-refractivity contribution >= 4 is 16.6 Å². The SMILES string of the molecule is Cn1ncnc1CC(=O)c1ccc2ccccc2c1. The highest BCUT2D eigenvalue weighted by molar-refractivity contribution is 6.00. The van der Waals surface area contributed by atoms with Gasteiger partial charge in [-0.3, -0.25) is 9.48 Å². The molecule has 3 rings (SSSR count). The Kier molecular flexibility index (Phi) is 2.83. The molecule has 0 N–H and O–H groups in total. The van der Waals surface area contributed by atoms with Gasteiger partial charge in [0.2, 0.25) is 0 Å². The first-order chi connectivity index (χ1) is 9.24. The quantitative estimate of drug-likeness (QED) is 0.671. The molecule has 1 aromatic heterocycles. The second kappa shape index (κ2) is 4.65. The Balaban J connectivity index is 1.91. The molecule has 19 heavy (non-hydrogen) atoms. The Hall–Kier alpha value is -2.49. The number of aryl methyl sites for hydroxylation is 1. The van der Waals surface area contributed by atoms with Crippen LogP contribution in [0.3, 0.4) is 0 Å². The maximum Gasteiger partial charge on any atom is 0.170 e. The Bertz CT molecular complexity index is 746. The number of benzene rings is 2. The molecule has 0 saturated carbocycles. The van der Waals surface area contributed by atoms with Gasteiger partial charge in [-0.2, -0.15) is 5.10 Å². The van der Waals surface area contributed by atoms with Crippen molar-refractivity contribution in [2.45, 2.75) is 6.42 Å². The van der Waals surface area contributed by atoms with Gasteiger partial charge >= 0.3 is 0 Å². The van der Waals surface area contributed by atoms with Crippen LogP contribution in [0.2, 0.25) is 0 Å². The fourth-order valence-corrected chi connectivity index (χ4v) is 2.09. The molecule has 0 amide bonds. The minimum atomic E-state index is 0.0573. The van der Waals surface area contributed by atoms with E-state index in [0.29, 0.717) is 11.4 Å². The van der Waals surface area contributed by atoms with E-state index in [9.17, 15) is 4.79 Å². The molecule has 0 spiro atoms. The molecule has 0 aliphatic carbocycles. The van der Waals surface area contributed by atoms with Gasteiger partial charge in [-0.05, 0) is 16.8 Å². The number of hydrogen-bond donors (Lipinski definition) is 0. The summed E-state index contributed by atoms with van der Waals surface area (Å²) in [7, 11) is 1.79. The number of aromatic nitrogens is 3. The molecule has 0 fully saturated rings. The van der Waals surface area contributed by atoms with Crippen LogP contribution in [-0.4, -0.2) is 20.5 Å². The van der Waals surface area contributed by atoms with Gasteiger partial charge in [0.15, 0.2) is 5.78 Å². The smallest absolute Gasteiger partial charge is 0.170 e. The van der Waals surface area contributed by atoms with Crippen molar-refractivity contribution < 1.29 is 4.79 Å². The zero-order valence-corrected chi connectivity index (χ0v) is 10.6. The van der Waals surface area contributed by atoms with Gasteiger partial charge < -0.3 is 0 Å². The third kappa shape index (κ3) is 2.25. The number of ketones is 1. The number of rotatable bonds is 3. The monoisotopic (exact) mass is 251 g/mol. The number of hydrogen-bond acceptors (Lipinski definition) is 3. The predicted octanol–water partition coefficient (Wildman–Crippen LogP) is 2.39. The van der Waals surface area contributed by atoms with E-state index < -0.39 is 0 Å². The molecule has 4 heteroatoms. The van der Waals surface area contributed by atoms with Crippen LogP contribution < -0.4 is 0 Å². The third-order valence-electron chi connectivity index (χ3n) is 3.20. The highest BCUT2D eigenvalue weighted by Crippen LogP contribution is 2.16. The zero-order chi connectivity index (χ0) is 13.2. The van der Waals surface area contributed by atoms with Gasteiger partial charge in [-0.25, -0.2) is 4.98 Å². The van der Waals surface area contributed by atoms with Crippen LogP contribution >= 0.6 is 0 Å². The lowest BCUT2D eigenvalue weighted by Crippen LogP contribution is -2.09. The van der Waals surface area contributed by atoms with Crippen LogP contribution in [0.5, 0.6) is 0 Å².